The first-order valence-electron chi connectivity index (χ1n) is 17.7. The quantitative estimate of drug-likeness (QED) is 0.285. The first-order valence-corrected chi connectivity index (χ1v) is 17.7. The van der Waals surface area contributed by atoms with Gasteiger partial charge < -0.3 is 25.2 Å². The topological polar surface area (TPSA) is 114 Å². The van der Waals surface area contributed by atoms with Crippen LogP contribution in [-0.2, 0) is 14.3 Å². The maximum absolute atomic E-state index is 12.9. The Kier molecular flexibility index (Phi) is 7.84. The van der Waals surface area contributed by atoms with Crippen molar-refractivity contribution in [1.82, 2.24) is 10.6 Å². The van der Waals surface area contributed by atoms with E-state index < -0.39 is 18.7 Å². The van der Waals surface area contributed by atoms with Crippen molar-refractivity contribution in [2.24, 2.45) is 57.2 Å². The molecular formula is C36H58N2O6. The highest BCUT2D eigenvalue weighted by molar-refractivity contribution is 5.74. The Balaban J connectivity index is 1.26. The number of amides is 2. The average Bonchev–Trinajstić information content (AvgIpc) is 3.66. The summed E-state index contributed by atoms with van der Waals surface area (Å²) >= 11 is 0. The van der Waals surface area contributed by atoms with Crippen LogP contribution in [0.25, 0.3) is 0 Å². The number of carboxylic acids is 1. The van der Waals surface area contributed by atoms with Crippen LogP contribution in [0.5, 0.6) is 0 Å². The number of carbonyl (C=O) groups excluding carboxylic acids is 2. The van der Waals surface area contributed by atoms with Crippen molar-refractivity contribution < 1.29 is 29.0 Å². The van der Waals surface area contributed by atoms with Gasteiger partial charge in [-0.3, -0.25) is 0 Å². The molecule has 0 heterocycles. The monoisotopic (exact) mass is 614 g/mol. The van der Waals surface area contributed by atoms with Crippen LogP contribution < -0.4 is 10.6 Å². The standard InChI is InChI=1S/C36H58N2O6/c1-21(2)23-12-17-36(38-31(42)43-20-28(39)40)19-18-34(6)24(29(23)36)10-11-26-33(5)15-14-27(44-30(41)37-22-8-9-22)32(3,4)25(33)13-16-35(26,34)7/h21-27,29H,8-20H2,1-7H3,(H,37,41)(H,38,42)(H,39,40)/t23-,24+,25-,26+,27+,29+,33-,34+,35+,36-/m0/s1. The number of aliphatic carboxylic acids is 1. The van der Waals surface area contributed by atoms with Crippen molar-refractivity contribution in [2.45, 2.75) is 143 Å². The van der Waals surface area contributed by atoms with E-state index >= 15 is 0 Å². The fraction of sp³-hybridized carbons (Fsp3) is 0.917. The lowest BCUT2D eigenvalue weighted by atomic mass is 9.32. The zero-order chi connectivity index (χ0) is 31.9. The van der Waals surface area contributed by atoms with Gasteiger partial charge in [0.15, 0.2) is 6.61 Å². The predicted octanol–water partition coefficient (Wildman–Crippen LogP) is 7.54. The summed E-state index contributed by atoms with van der Waals surface area (Å²) < 4.78 is 11.3. The normalized spacial score (nSPS) is 45.6. The third-order valence-electron chi connectivity index (χ3n) is 15.1. The van der Waals surface area contributed by atoms with Crippen LogP contribution >= 0.6 is 0 Å². The van der Waals surface area contributed by atoms with Crippen LogP contribution in [0.3, 0.4) is 0 Å². The number of rotatable bonds is 6. The third-order valence-corrected chi connectivity index (χ3v) is 15.1. The number of nitrogens with one attached hydrogen (secondary N) is 2. The molecule has 0 aromatic heterocycles. The maximum atomic E-state index is 12.9. The molecule has 6 saturated carbocycles. The van der Waals surface area contributed by atoms with Crippen molar-refractivity contribution in [3.8, 4) is 0 Å². The molecule has 0 spiro atoms. The van der Waals surface area contributed by atoms with E-state index in [0.29, 0.717) is 41.5 Å². The molecule has 10 atom stereocenters. The predicted molar refractivity (Wildman–Crippen MR) is 168 cm³/mol. The van der Waals surface area contributed by atoms with Crippen LogP contribution in [0.4, 0.5) is 9.59 Å². The molecule has 0 radical (unpaired) electrons. The first kappa shape index (κ1) is 32.0. The van der Waals surface area contributed by atoms with Crippen molar-refractivity contribution in [2.75, 3.05) is 6.61 Å². The van der Waals surface area contributed by atoms with Crippen LogP contribution in [0.15, 0.2) is 0 Å². The molecule has 6 aliphatic carbocycles. The molecule has 0 aromatic rings. The molecule has 8 nitrogen and oxygen atoms in total. The minimum Gasteiger partial charge on any atom is -0.479 e. The molecule has 0 aromatic carbocycles. The van der Waals surface area contributed by atoms with Crippen LogP contribution in [0, 0.1) is 57.2 Å². The van der Waals surface area contributed by atoms with E-state index in [-0.39, 0.29) is 39.4 Å². The summed E-state index contributed by atoms with van der Waals surface area (Å²) in [4.78, 5) is 36.7. The van der Waals surface area contributed by atoms with E-state index in [1.807, 2.05) is 0 Å². The zero-order valence-electron chi connectivity index (χ0n) is 28.3. The second-order valence-corrected chi connectivity index (χ2v) is 17.6. The fourth-order valence-corrected chi connectivity index (χ4v) is 12.7. The second kappa shape index (κ2) is 10.8. The Labute approximate surface area is 264 Å². The summed E-state index contributed by atoms with van der Waals surface area (Å²) in [7, 11) is 0. The van der Waals surface area contributed by atoms with Gasteiger partial charge in [0.25, 0.3) is 0 Å². The van der Waals surface area contributed by atoms with E-state index in [9.17, 15) is 14.4 Å². The molecule has 248 valence electrons. The van der Waals surface area contributed by atoms with Crippen molar-refractivity contribution in [1.29, 1.82) is 0 Å². The van der Waals surface area contributed by atoms with E-state index in [4.69, 9.17) is 14.6 Å². The van der Waals surface area contributed by atoms with Gasteiger partial charge in [0.1, 0.15) is 6.10 Å². The molecule has 6 fully saturated rings. The fourth-order valence-electron chi connectivity index (χ4n) is 12.7. The Morgan fingerprint density at radius 2 is 1.52 bits per heavy atom. The smallest absolute Gasteiger partial charge is 0.408 e. The van der Waals surface area contributed by atoms with Crippen LogP contribution in [-0.4, -0.2) is 47.6 Å². The van der Waals surface area contributed by atoms with E-state index in [0.717, 1.165) is 57.8 Å². The molecule has 44 heavy (non-hydrogen) atoms. The average molecular weight is 615 g/mol. The SMILES string of the molecule is CC(C)[C@@H]1CC[C@]2(NC(=O)OCC(=O)O)CC[C@]3(C)[C@H](CC[C@@H]4[C@@]5(C)CC[C@@H](OC(=O)NC6CC6)C(C)(C)[C@@H]5CC[C@]43C)[C@@H]12. The van der Waals surface area contributed by atoms with Gasteiger partial charge in [-0.15, -0.1) is 0 Å². The molecule has 8 heteroatoms. The lowest BCUT2D eigenvalue weighted by Gasteiger charge is -2.73. The number of fused-ring (bicyclic) bond motifs is 7. The molecular weight excluding hydrogens is 556 g/mol. The van der Waals surface area contributed by atoms with Gasteiger partial charge in [-0.25, -0.2) is 14.4 Å². The first-order chi connectivity index (χ1) is 20.6. The highest BCUT2D eigenvalue weighted by Crippen LogP contribution is 2.76. The molecule has 0 bridgehead atoms. The zero-order valence-corrected chi connectivity index (χ0v) is 28.3. The summed E-state index contributed by atoms with van der Waals surface area (Å²) in [6.45, 7) is 16.6. The Bertz CT molecular complexity index is 1170. The molecule has 0 saturated heterocycles. The molecule has 0 unspecified atom stereocenters. The van der Waals surface area contributed by atoms with Gasteiger partial charge in [0.2, 0.25) is 0 Å². The molecule has 2 amide bonds. The highest BCUT2D eigenvalue weighted by Gasteiger charge is 2.71. The van der Waals surface area contributed by atoms with Gasteiger partial charge in [-0.1, -0.05) is 48.5 Å². The Morgan fingerprint density at radius 3 is 2.18 bits per heavy atom. The van der Waals surface area contributed by atoms with E-state index in [1.54, 1.807) is 0 Å². The van der Waals surface area contributed by atoms with Crippen LogP contribution in [0.1, 0.15) is 126 Å². The number of hydrogen-bond donors (Lipinski definition) is 3. The summed E-state index contributed by atoms with van der Waals surface area (Å²) in [6, 6.07) is 0.306. The Hall–Kier alpha value is -1.99. The summed E-state index contributed by atoms with van der Waals surface area (Å²) in [5.74, 6) is 1.91. The molecule has 3 N–H and O–H groups in total. The van der Waals surface area contributed by atoms with Gasteiger partial charge in [0.05, 0.1) is 0 Å². The lowest BCUT2D eigenvalue weighted by molar-refractivity contribution is -0.244. The Morgan fingerprint density at radius 1 is 0.795 bits per heavy atom. The summed E-state index contributed by atoms with van der Waals surface area (Å²) in [5.41, 5.74) is 0.136. The molecule has 0 aliphatic heterocycles. The number of ether oxygens (including phenoxy) is 2. The van der Waals surface area contributed by atoms with Crippen molar-refractivity contribution in [3.05, 3.63) is 0 Å². The highest BCUT2D eigenvalue weighted by atomic mass is 16.6. The van der Waals surface area contributed by atoms with Gasteiger partial charge in [-0.2, -0.15) is 0 Å². The maximum Gasteiger partial charge on any atom is 0.408 e. The largest absolute Gasteiger partial charge is 0.479 e. The van der Waals surface area contributed by atoms with Crippen molar-refractivity contribution in [3.63, 3.8) is 0 Å². The van der Waals surface area contributed by atoms with Crippen molar-refractivity contribution >= 4 is 18.2 Å². The number of alkyl carbamates (subject to hydrolysis) is 2. The van der Waals surface area contributed by atoms with E-state index in [2.05, 4.69) is 59.1 Å². The van der Waals surface area contributed by atoms with Gasteiger partial charge >= 0.3 is 18.2 Å². The van der Waals surface area contributed by atoms with Gasteiger partial charge in [-0.05, 0) is 129 Å². The number of carboxylic acid groups (broad SMARTS) is 1. The minimum absolute atomic E-state index is 0.0526. The third kappa shape index (κ3) is 4.85. The molecule has 6 aliphatic rings. The summed E-state index contributed by atoms with van der Waals surface area (Å²) in [5, 5.41) is 15.4. The molecule has 6 rings (SSSR count). The van der Waals surface area contributed by atoms with Gasteiger partial charge in [0, 0.05) is 17.0 Å². The number of carbonyl (C=O) groups is 3. The minimum atomic E-state index is -1.13. The lowest BCUT2D eigenvalue weighted by Crippen LogP contribution is -2.69. The van der Waals surface area contributed by atoms with E-state index in [1.165, 1.54) is 19.3 Å². The van der Waals surface area contributed by atoms with Crippen LogP contribution in [0.2, 0.25) is 0 Å². The summed E-state index contributed by atoms with van der Waals surface area (Å²) in [6.07, 6.45) is 12.1. The number of hydrogen-bond acceptors (Lipinski definition) is 5. The second-order valence-electron chi connectivity index (χ2n) is 17.6.